The molecule has 2 amide bonds. The Balaban J connectivity index is 1.43. The lowest BCUT2D eigenvalue weighted by Crippen LogP contribution is -2.28. The van der Waals surface area contributed by atoms with E-state index in [2.05, 4.69) is 5.32 Å². The fourth-order valence-electron chi connectivity index (χ4n) is 3.60. The number of nitrogens with one attached hydrogen (secondary N) is 1. The number of carbonyl (C=O) groups is 2. The topological polar surface area (TPSA) is 49.4 Å². The van der Waals surface area contributed by atoms with E-state index in [-0.39, 0.29) is 29.0 Å². The van der Waals surface area contributed by atoms with Crippen LogP contribution >= 0.6 is 23.4 Å². The molecule has 0 saturated carbocycles. The van der Waals surface area contributed by atoms with Crippen molar-refractivity contribution in [2.45, 2.75) is 24.9 Å². The van der Waals surface area contributed by atoms with Gasteiger partial charge in [0.2, 0.25) is 5.91 Å². The van der Waals surface area contributed by atoms with Gasteiger partial charge in [0.25, 0.3) is 5.91 Å². The minimum Gasteiger partial charge on any atom is -0.346 e. The fourth-order valence-corrected chi connectivity index (χ4v) is 4.92. The third kappa shape index (κ3) is 5.14. The number of hydrogen-bond donors (Lipinski definition) is 1. The Morgan fingerprint density at radius 1 is 1.09 bits per heavy atom. The van der Waals surface area contributed by atoms with Gasteiger partial charge in [0.15, 0.2) is 0 Å². The summed E-state index contributed by atoms with van der Waals surface area (Å²) in [6, 6.07) is 20.6. The fraction of sp³-hybridized carbons (Fsp3) is 0.200. The highest BCUT2D eigenvalue weighted by molar-refractivity contribution is 8.00. The summed E-state index contributed by atoms with van der Waals surface area (Å²) in [7, 11) is 0. The van der Waals surface area contributed by atoms with Gasteiger partial charge in [0.05, 0.1) is 11.8 Å². The summed E-state index contributed by atoms with van der Waals surface area (Å²) < 4.78 is 13.1. The van der Waals surface area contributed by atoms with Gasteiger partial charge >= 0.3 is 0 Å². The van der Waals surface area contributed by atoms with Crippen LogP contribution in [0.4, 0.5) is 4.39 Å². The highest BCUT2D eigenvalue weighted by Crippen LogP contribution is 2.39. The second kappa shape index (κ2) is 9.76. The Kier molecular flexibility index (Phi) is 6.82. The average molecular weight is 469 g/mol. The Labute approximate surface area is 195 Å². The van der Waals surface area contributed by atoms with Crippen molar-refractivity contribution in [3.63, 3.8) is 0 Å². The van der Waals surface area contributed by atoms with E-state index < -0.39 is 0 Å². The monoisotopic (exact) mass is 468 g/mol. The van der Waals surface area contributed by atoms with Gasteiger partial charge in [-0.05, 0) is 60.0 Å². The Hall–Kier alpha value is -2.83. The molecule has 0 spiro atoms. The van der Waals surface area contributed by atoms with Gasteiger partial charge in [0, 0.05) is 17.1 Å². The van der Waals surface area contributed by atoms with Crippen LogP contribution in [0, 0.1) is 5.82 Å². The average Bonchev–Trinajstić information content (AvgIpc) is 3.16. The quantitative estimate of drug-likeness (QED) is 0.501. The molecule has 2 atom stereocenters. The van der Waals surface area contributed by atoms with Crippen molar-refractivity contribution in [3.05, 3.63) is 106 Å². The molecular weight excluding hydrogens is 447 g/mol. The molecule has 0 bridgehead atoms. The third-order valence-corrected chi connectivity index (χ3v) is 6.92. The second-order valence-corrected chi connectivity index (χ2v) is 9.19. The number of carbonyl (C=O) groups excluding carboxylic acids is 2. The summed E-state index contributed by atoms with van der Waals surface area (Å²) in [5, 5.41) is 3.49. The van der Waals surface area contributed by atoms with Crippen LogP contribution in [-0.4, -0.2) is 22.5 Å². The molecule has 3 aromatic rings. The molecule has 3 aromatic carbocycles. The Morgan fingerprint density at radius 2 is 1.75 bits per heavy atom. The molecule has 32 heavy (non-hydrogen) atoms. The highest BCUT2D eigenvalue weighted by Gasteiger charge is 2.32. The van der Waals surface area contributed by atoms with Crippen LogP contribution in [0.25, 0.3) is 0 Å². The van der Waals surface area contributed by atoms with Crippen LogP contribution in [0.3, 0.4) is 0 Å². The Bertz CT molecular complexity index is 1100. The normalized spacial score (nSPS) is 16.8. The molecule has 0 radical (unpaired) electrons. The first-order valence-electron chi connectivity index (χ1n) is 10.2. The van der Waals surface area contributed by atoms with E-state index in [0.717, 1.165) is 16.7 Å². The molecule has 4 rings (SSSR count). The van der Waals surface area contributed by atoms with Gasteiger partial charge in [-0.3, -0.25) is 9.59 Å². The van der Waals surface area contributed by atoms with Gasteiger partial charge < -0.3 is 10.2 Å². The van der Waals surface area contributed by atoms with Gasteiger partial charge in [-0.15, -0.1) is 11.8 Å². The van der Waals surface area contributed by atoms with Crippen molar-refractivity contribution < 1.29 is 14.0 Å². The van der Waals surface area contributed by atoms with Crippen molar-refractivity contribution in [2.24, 2.45) is 0 Å². The molecule has 1 heterocycles. The molecule has 164 valence electrons. The largest absolute Gasteiger partial charge is 0.346 e. The molecule has 1 fully saturated rings. The SMILES string of the molecule is C[C@@H](NC(=O)c1ccc([C@@H]2SCC(=O)N2Cc2ccc(Cl)cc2)cc1)c1ccc(F)cc1. The van der Waals surface area contributed by atoms with Crippen LogP contribution in [0.1, 0.15) is 45.4 Å². The van der Waals surface area contributed by atoms with E-state index >= 15 is 0 Å². The maximum Gasteiger partial charge on any atom is 0.251 e. The third-order valence-electron chi connectivity index (χ3n) is 5.41. The van der Waals surface area contributed by atoms with Gasteiger partial charge in [-0.25, -0.2) is 4.39 Å². The molecule has 1 aliphatic heterocycles. The zero-order valence-electron chi connectivity index (χ0n) is 17.4. The maximum absolute atomic E-state index is 13.1. The number of rotatable bonds is 6. The second-order valence-electron chi connectivity index (χ2n) is 7.68. The highest BCUT2D eigenvalue weighted by atomic mass is 35.5. The predicted molar refractivity (Wildman–Crippen MR) is 126 cm³/mol. The van der Waals surface area contributed by atoms with Gasteiger partial charge in [0.1, 0.15) is 11.2 Å². The van der Waals surface area contributed by atoms with Gasteiger partial charge in [-0.1, -0.05) is 48.0 Å². The van der Waals surface area contributed by atoms with E-state index in [1.807, 2.05) is 48.2 Å². The molecule has 7 heteroatoms. The lowest BCUT2D eigenvalue weighted by molar-refractivity contribution is -0.128. The zero-order chi connectivity index (χ0) is 22.7. The summed E-state index contributed by atoms with van der Waals surface area (Å²) in [5.41, 5.74) is 3.34. The lowest BCUT2D eigenvalue weighted by Gasteiger charge is -2.24. The molecule has 4 nitrogen and oxygen atoms in total. The molecule has 0 aliphatic carbocycles. The number of hydrogen-bond acceptors (Lipinski definition) is 3. The maximum atomic E-state index is 13.1. The van der Waals surface area contributed by atoms with Crippen LogP contribution < -0.4 is 5.32 Å². The summed E-state index contributed by atoms with van der Waals surface area (Å²) >= 11 is 7.54. The predicted octanol–water partition coefficient (Wildman–Crippen LogP) is 5.74. The summed E-state index contributed by atoms with van der Waals surface area (Å²) in [6.07, 6.45) is 0. The molecular formula is C25H22ClFN2O2S. The number of benzene rings is 3. The van der Waals surface area contributed by atoms with E-state index in [1.54, 1.807) is 36.0 Å². The van der Waals surface area contributed by atoms with Crippen LogP contribution in [-0.2, 0) is 11.3 Å². The molecule has 1 saturated heterocycles. The summed E-state index contributed by atoms with van der Waals surface area (Å²) in [5.74, 6) is -0.00181. The van der Waals surface area contributed by atoms with E-state index in [0.29, 0.717) is 22.9 Å². The first-order chi connectivity index (χ1) is 15.4. The number of nitrogens with zero attached hydrogens (tertiary/aromatic N) is 1. The smallest absolute Gasteiger partial charge is 0.251 e. The standard InChI is InChI=1S/C25H22ClFN2O2S/c1-16(18-8-12-22(27)13-9-18)28-24(31)19-4-6-20(7-5-19)25-29(23(30)15-32-25)14-17-2-10-21(26)11-3-17/h2-13,16,25H,14-15H2,1H3,(H,28,31)/t16-,25+/m1/s1. The van der Waals surface area contributed by atoms with Crippen molar-refractivity contribution in [2.75, 3.05) is 5.75 Å². The van der Waals surface area contributed by atoms with Crippen molar-refractivity contribution >= 4 is 35.2 Å². The summed E-state index contributed by atoms with van der Waals surface area (Å²) in [6.45, 7) is 2.36. The zero-order valence-corrected chi connectivity index (χ0v) is 19.0. The minimum absolute atomic E-state index is 0.0879. The van der Waals surface area contributed by atoms with Crippen molar-refractivity contribution in [3.8, 4) is 0 Å². The lowest BCUT2D eigenvalue weighted by atomic mass is 10.1. The van der Waals surface area contributed by atoms with E-state index in [1.165, 1.54) is 12.1 Å². The minimum atomic E-state index is -0.309. The van der Waals surface area contributed by atoms with Crippen molar-refractivity contribution in [1.29, 1.82) is 0 Å². The number of thioether (sulfide) groups is 1. The van der Waals surface area contributed by atoms with Crippen LogP contribution in [0.2, 0.25) is 5.02 Å². The first kappa shape index (κ1) is 22.4. The van der Waals surface area contributed by atoms with Crippen LogP contribution in [0.15, 0.2) is 72.8 Å². The Morgan fingerprint density at radius 3 is 2.41 bits per heavy atom. The molecule has 0 aromatic heterocycles. The van der Waals surface area contributed by atoms with Gasteiger partial charge in [-0.2, -0.15) is 0 Å². The first-order valence-corrected chi connectivity index (χ1v) is 11.6. The van der Waals surface area contributed by atoms with Crippen molar-refractivity contribution in [1.82, 2.24) is 10.2 Å². The van der Waals surface area contributed by atoms with Crippen LogP contribution in [0.5, 0.6) is 0 Å². The number of amides is 2. The van der Waals surface area contributed by atoms with E-state index in [4.69, 9.17) is 11.6 Å². The van der Waals surface area contributed by atoms with E-state index in [9.17, 15) is 14.0 Å². The molecule has 0 unspecified atom stereocenters. The summed E-state index contributed by atoms with van der Waals surface area (Å²) in [4.78, 5) is 27.0. The molecule has 1 aliphatic rings. The molecule has 1 N–H and O–H groups in total. The number of halogens is 2.